The lowest BCUT2D eigenvalue weighted by atomic mass is 9.99. The Hall–Kier alpha value is -2.95. The largest absolute Gasteiger partial charge is 0.434 e. The third-order valence-electron chi connectivity index (χ3n) is 4.21. The van der Waals surface area contributed by atoms with Crippen molar-refractivity contribution in [2.75, 3.05) is 13.1 Å². The molecule has 2 aromatic rings. The maximum absolute atomic E-state index is 12.4. The van der Waals surface area contributed by atoms with Gasteiger partial charge >= 0.3 is 6.61 Å². The van der Waals surface area contributed by atoms with Gasteiger partial charge in [0.05, 0.1) is 0 Å². The van der Waals surface area contributed by atoms with Crippen LogP contribution in [-0.4, -0.2) is 30.5 Å². The van der Waals surface area contributed by atoms with Crippen molar-refractivity contribution in [1.82, 2.24) is 4.90 Å². The highest BCUT2D eigenvalue weighted by atomic mass is 19.3. The van der Waals surface area contributed by atoms with Gasteiger partial charge in [0, 0.05) is 24.7 Å². The van der Waals surface area contributed by atoms with Gasteiger partial charge in [-0.25, -0.2) is 0 Å². The molecule has 0 unspecified atom stereocenters. The molecule has 0 fully saturated rings. The SMILES string of the molecule is O=C(/C=C/c1ccccc1OC(F)F)N1CC=C(c2ccccc2)CC1. The van der Waals surface area contributed by atoms with E-state index in [9.17, 15) is 13.6 Å². The van der Waals surface area contributed by atoms with Crippen LogP contribution >= 0.6 is 0 Å². The summed E-state index contributed by atoms with van der Waals surface area (Å²) < 4.78 is 29.3. The quantitative estimate of drug-likeness (QED) is 0.733. The predicted molar refractivity (Wildman–Crippen MR) is 97.7 cm³/mol. The van der Waals surface area contributed by atoms with Crippen LogP contribution in [0, 0.1) is 0 Å². The molecule has 1 aliphatic rings. The number of carbonyl (C=O) groups is 1. The van der Waals surface area contributed by atoms with E-state index in [2.05, 4.69) is 22.9 Å². The molecule has 2 aromatic carbocycles. The second-order valence-corrected chi connectivity index (χ2v) is 5.88. The summed E-state index contributed by atoms with van der Waals surface area (Å²) >= 11 is 0. The molecule has 1 aliphatic heterocycles. The molecule has 0 N–H and O–H groups in total. The van der Waals surface area contributed by atoms with E-state index in [1.807, 2.05) is 18.2 Å². The van der Waals surface area contributed by atoms with Gasteiger partial charge in [0.15, 0.2) is 0 Å². The van der Waals surface area contributed by atoms with Crippen molar-refractivity contribution in [3.8, 4) is 5.75 Å². The number of hydrogen-bond donors (Lipinski definition) is 0. The van der Waals surface area contributed by atoms with E-state index in [0.717, 1.165) is 6.42 Å². The molecule has 1 heterocycles. The van der Waals surface area contributed by atoms with Crippen LogP contribution in [0.1, 0.15) is 17.5 Å². The molecule has 134 valence electrons. The number of benzene rings is 2. The third kappa shape index (κ3) is 4.57. The third-order valence-corrected chi connectivity index (χ3v) is 4.21. The van der Waals surface area contributed by atoms with Gasteiger partial charge in [0.25, 0.3) is 0 Å². The Morgan fingerprint density at radius 3 is 2.50 bits per heavy atom. The average molecular weight is 355 g/mol. The van der Waals surface area contributed by atoms with E-state index in [1.54, 1.807) is 23.1 Å². The van der Waals surface area contributed by atoms with Crippen molar-refractivity contribution < 1.29 is 18.3 Å². The zero-order valence-electron chi connectivity index (χ0n) is 14.1. The van der Waals surface area contributed by atoms with Gasteiger partial charge in [0.2, 0.25) is 5.91 Å². The Balaban J connectivity index is 1.65. The molecule has 3 nitrogen and oxygen atoms in total. The lowest BCUT2D eigenvalue weighted by Gasteiger charge is -2.25. The van der Waals surface area contributed by atoms with Gasteiger partial charge in [-0.15, -0.1) is 0 Å². The van der Waals surface area contributed by atoms with E-state index in [0.29, 0.717) is 18.7 Å². The zero-order valence-corrected chi connectivity index (χ0v) is 14.1. The minimum absolute atomic E-state index is 0.0523. The fraction of sp³-hybridized carbons (Fsp3) is 0.190. The minimum atomic E-state index is -2.90. The average Bonchev–Trinajstić information content (AvgIpc) is 2.67. The molecule has 0 aromatic heterocycles. The fourth-order valence-electron chi connectivity index (χ4n) is 2.87. The monoisotopic (exact) mass is 355 g/mol. The van der Waals surface area contributed by atoms with Crippen LogP contribution in [0.15, 0.2) is 66.7 Å². The molecule has 1 amide bonds. The van der Waals surface area contributed by atoms with Crippen LogP contribution in [0.4, 0.5) is 8.78 Å². The fourth-order valence-corrected chi connectivity index (χ4v) is 2.87. The number of para-hydroxylation sites is 1. The molecule has 5 heteroatoms. The normalized spacial score (nSPS) is 14.6. The Kier molecular flexibility index (Phi) is 5.79. The summed E-state index contributed by atoms with van der Waals surface area (Å²) in [6, 6.07) is 16.5. The first-order valence-electron chi connectivity index (χ1n) is 8.39. The van der Waals surface area contributed by atoms with Gasteiger partial charge in [-0.05, 0) is 29.7 Å². The zero-order chi connectivity index (χ0) is 18.4. The van der Waals surface area contributed by atoms with Crippen LogP contribution in [0.3, 0.4) is 0 Å². The van der Waals surface area contributed by atoms with E-state index < -0.39 is 6.61 Å². The number of alkyl halides is 2. The molecule has 3 rings (SSSR count). The number of rotatable bonds is 5. The standard InChI is InChI=1S/C21H19F2NO2/c22-21(23)26-19-9-5-4-8-18(19)10-11-20(25)24-14-12-17(13-15-24)16-6-2-1-3-7-16/h1-12,21H,13-15H2/b11-10+. The molecule has 0 bridgehead atoms. The summed E-state index contributed by atoms with van der Waals surface area (Å²) in [6.45, 7) is -1.74. The van der Waals surface area contributed by atoms with Crippen molar-refractivity contribution in [1.29, 1.82) is 0 Å². The van der Waals surface area contributed by atoms with E-state index >= 15 is 0 Å². The van der Waals surface area contributed by atoms with E-state index in [4.69, 9.17) is 0 Å². The number of ether oxygens (including phenoxy) is 1. The van der Waals surface area contributed by atoms with Crippen molar-refractivity contribution in [2.24, 2.45) is 0 Å². The summed E-state index contributed by atoms with van der Waals surface area (Å²) in [6.07, 6.45) is 5.75. The number of hydrogen-bond acceptors (Lipinski definition) is 2. The number of amides is 1. The van der Waals surface area contributed by atoms with Gasteiger partial charge < -0.3 is 9.64 Å². The molecule has 0 saturated heterocycles. The molecule has 0 spiro atoms. The first kappa shape index (κ1) is 17.9. The Morgan fingerprint density at radius 2 is 1.81 bits per heavy atom. The molecule has 0 radical (unpaired) electrons. The summed E-state index contributed by atoms with van der Waals surface area (Å²) in [5, 5.41) is 0. The second-order valence-electron chi connectivity index (χ2n) is 5.88. The Bertz CT molecular complexity index is 816. The molecule has 0 atom stereocenters. The number of nitrogens with zero attached hydrogens (tertiary/aromatic N) is 1. The van der Waals surface area contributed by atoms with Gasteiger partial charge in [0.1, 0.15) is 5.75 Å². The van der Waals surface area contributed by atoms with E-state index in [1.165, 1.54) is 29.4 Å². The summed E-state index contributed by atoms with van der Waals surface area (Å²) in [7, 11) is 0. The van der Waals surface area contributed by atoms with Crippen LogP contribution < -0.4 is 4.74 Å². The first-order valence-corrected chi connectivity index (χ1v) is 8.39. The Morgan fingerprint density at radius 1 is 1.08 bits per heavy atom. The van der Waals surface area contributed by atoms with Crippen LogP contribution in [0.25, 0.3) is 11.6 Å². The molecular weight excluding hydrogens is 336 g/mol. The smallest absolute Gasteiger partial charge is 0.387 e. The van der Waals surface area contributed by atoms with Crippen LogP contribution in [0.5, 0.6) is 5.75 Å². The maximum Gasteiger partial charge on any atom is 0.387 e. The Labute approximate surface area is 151 Å². The van der Waals surface area contributed by atoms with Crippen molar-refractivity contribution in [3.63, 3.8) is 0 Å². The highest BCUT2D eigenvalue weighted by Crippen LogP contribution is 2.23. The summed E-state index contributed by atoms with van der Waals surface area (Å²) in [4.78, 5) is 14.1. The second kappa shape index (κ2) is 8.43. The maximum atomic E-state index is 12.4. The highest BCUT2D eigenvalue weighted by Gasteiger charge is 2.16. The molecular formula is C21H19F2NO2. The number of carbonyl (C=O) groups excluding carboxylic acids is 1. The van der Waals surface area contributed by atoms with Crippen LogP contribution in [0.2, 0.25) is 0 Å². The predicted octanol–water partition coefficient (Wildman–Crippen LogP) is 4.62. The van der Waals surface area contributed by atoms with E-state index in [-0.39, 0.29) is 11.7 Å². The highest BCUT2D eigenvalue weighted by molar-refractivity contribution is 5.92. The van der Waals surface area contributed by atoms with Gasteiger partial charge in [-0.3, -0.25) is 4.79 Å². The molecule has 26 heavy (non-hydrogen) atoms. The molecule has 0 saturated carbocycles. The number of halogens is 2. The first-order chi connectivity index (χ1) is 12.6. The molecule has 0 aliphatic carbocycles. The van der Waals surface area contributed by atoms with Crippen molar-refractivity contribution in [3.05, 3.63) is 77.9 Å². The lowest BCUT2D eigenvalue weighted by Crippen LogP contribution is -2.33. The lowest BCUT2D eigenvalue weighted by molar-refractivity contribution is -0.125. The van der Waals surface area contributed by atoms with Crippen molar-refractivity contribution in [2.45, 2.75) is 13.0 Å². The van der Waals surface area contributed by atoms with Gasteiger partial charge in [-0.1, -0.05) is 54.6 Å². The summed E-state index contributed by atoms with van der Waals surface area (Å²) in [5.74, 6) is -0.100. The minimum Gasteiger partial charge on any atom is -0.434 e. The van der Waals surface area contributed by atoms with Crippen LogP contribution in [-0.2, 0) is 4.79 Å². The van der Waals surface area contributed by atoms with Gasteiger partial charge in [-0.2, -0.15) is 8.78 Å². The van der Waals surface area contributed by atoms with Crippen molar-refractivity contribution >= 4 is 17.6 Å². The topological polar surface area (TPSA) is 29.5 Å². The summed E-state index contributed by atoms with van der Waals surface area (Å²) in [5.41, 5.74) is 2.85.